The fraction of sp³-hybridized carbons (Fsp3) is 0. The van der Waals surface area contributed by atoms with Gasteiger partial charge < -0.3 is 0 Å². The third-order valence-corrected chi connectivity index (χ3v) is 5.18. The SMILES string of the molecule is c1ccc(-c2cnc3ccncc3c2)cc1.c1ccc(-c2cnc3cnccc3c2)cc1. The van der Waals surface area contributed by atoms with Gasteiger partial charge in [-0.2, -0.15) is 0 Å². The minimum Gasteiger partial charge on any atom is -0.264 e. The fourth-order valence-corrected chi connectivity index (χ4v) is 3.52. The molecule has 0 saturated carbocycles. The fourth-order valence-electron chi connectivity index (χ4n) is 3.52. The maximum absolute atomic E-state index is 4.42. The van der Waals surface area contributed by atoms with Gasteiger partial charge in [0.05, 0.1) is 17.2 Å². The second-order valence-corrected chi connectivity index (χ2v) is 7.32. The summed E-state index contributed by atoms with van der Waals surface area (Å²) in [5.41, 5.74) is 6.55. The van der Waals surface area contributed by atoms with Crippen LogP contribution in [0.5, 0.6) is 0 Å². The summed E-state index contributed by atoms with van der Waals surface area (Å²) >= 11 is 0. The molecule has 6 rings (SSSR count). The molecule has 0 aliphatic rings. The molecule has 152 valence electrons. The topological polar surface area (TPSA) is 51.6 Å². The van der Waals surface area contributed by atoms with Gasteiger partial charge in [0, 0.05) is 52.9 Å². The summed E-state index contributed by atoms with van der Waals surface area (Å²) in [5.74, 6) is 0. The lowest BCUT2D eigenvalue weighted by atomic mass is 10.1. The van der Waals surface area contributed by atoms with Crippen molar-refractivity contribution in [1.82, 2.24) is 19.9 Å². The Morgan fingerprint density at radius 1 is 0.406 bits per heavy atom. The third kappa shape index (κ3) is 4.35. The van der Waals surface area contributed by atoms with Crippen molar-refractivity contribution in [2.75, 3.05) is 0 Å². The summed E-state index contributed by atoms with van der Waals surface area (Å²) in [5, 5.41) is 2.19. The lowest BCUT2D eigenvalue weighted by molar-refractivity contribution is 1.31. The van der Waals surface area contributed by atoms with Crippen LogP contribution in [0.15, 0.2) is 122 Å². The van der Waals surface area contributed by atoms with Crippen LogP contribution in [0, 0.1) is 0 Å². The van der Waals surface area contributed by atoms with Crippen molar-refractivity contribution >= 4 is 21.8 Å². The number of pyridine rings is 4. The molecule has 0 saturated heterocycles. The molecule has 4 aromatic heterocycles. The van der Waals surface area contributed by atoms with E-state index in [-0.39, 0.29) is 0 Å². The molecule has 6 aromatic rings. The maximum atomic E-state index is 4.42. The summed E-state index contributed by atoms with van der Waals surface area (Å²) in [7, 11) is 0. The van der Waals surface area contributed by atoms with Crippen LogP contribution in [-0.2, 0) is 0 Å². The molecule has 0 spiro atoms. The van der Waals surface area contributed by atoms with Crippen LogP contribution in [0.2, 0.25) is 0 Å². The van der Waals surface area contributed by atoms with E-state index in [1.165, 1.54) is 11.1 Å². The molecule has 4 heteroatoms. The first kappa shape index (κ1) is 19.5. The minimum atomic E-state index is 0.933. The molecule has 0 radical (unpaired) electrons. The zero-order valence-electron chi connectivity index (χ0n) is 17.3. The van der Waals surface area contributed by atoms with Gasteiger partial charge in [-0.25, -0.2) is 0 Å². The molecule has 0 fully saturated rings. The van der Waals surface area contributed by atoms with Crippen molar-refractivity contribution in [3.05, 3.63) is 122 Å². The number of benzene rings is 2. The van der Waals surface area contributed by atoms with Crippen molar-refractivity contribution in [3.63, 3.8) is 0 Å². The lowest BCUT2D eigenvalue weighted by Gasteiger charge is -2.02. The Bertz CT molecular complexity index is 1350. The van der Waals surface area contributed by atoms with Gasteiger partial charge in [0.15, 0.2) is 0 Å². The van der Waals surface area contributed by atoms with Crippen molar-refractivity contribution in [1.29, 1.82) is 0 Å². The average Bonchev–Trinajstić information content (AvgIpc) is 2.89. The van der Waals surface area contributed by atoms with E-state index in [0.717, 1.165) is 32.9 Å². The lowest BCUT2D eigenvalue weighted by Crippen LogP contribution is -1.83. The van der Waals surface area contributed by atoms with E-state index < -0.39 is 0 Å². The normalized spacial score (nSPS) is 10.5. The Labute approximate surface area is 186 Å². The van der Waals surface area contributed by atoms with Gasteiger partial charge in [0.1, 0.15) is 0 Å². The molecule has 0 N–H and O–H groups in total. The minimum absolute atomic E-state index is 0.933. The number of fused-ring (bicyclic) bond motifs is 2. The monoisotopic (exact) mass is 412 g/mol. The molecule has 4 heterocycles. The Morgan fingerprint density at radius 2 is 0.969 bits per heavy atom. The summed E-state index contributed by atoms with van der Waals surface area (Å²) in [6, 6.07) is 28.7. The van der Waals surface area contributed by atoms with E-state index >= 15 is 0 Å². The average molecular weight is 412 g/mol. The van der Waals surface area contributed by atoms with E-state index in [1.807, 2.05) is 67.1 Å². The summed E-state index contributed by atoms with van der Waals surface area (Å²) in [6.45, 7) is 0. The smallest absolute Gasteiger partial charge is 0.0885 e. The molecule has 0 aliphatic heterocycles. The summed E-state index contributed by atoms with van der Waals surface area (Å²) in [4.78, 5) is 17.0. The Morgan fingerprint density at radius 3 is 1.66 bits per heavy atom. The highest BCUT2D eigenvalue weighted by Gasteiger charge is 2.00. The van der Waals surface area contributed by atoms with E-state index in [9.17, 15) is 0 Å². The second kappa shape index (κ2) is 9.14. The third-order valence-electron chi connectivity index (χ3n) is 5.18. The number of hydrogen-bond donors (Lipinski definition) is 0. The largest absolute Gasteiger partial charge is 0.264 e. The summed E-state index contributed by atoms with van der Waals surface area (Å²) < 4.78 is 0. The highest BCUT2D eigenvalue weighted by molar-refractivity contribution is 5.83. The number of rotatable bonds is 2. The van der Waals surface area contributed by atoms with Crippen LogP contribution in [0.25, 0.3) is 44.1 Å². The van der Waals surface area contributed by atoms with E-state index in [2.05, 4.69) is 56.3 Å². The first-order valence-electron chi connectivity index (χ1n) is 10.4. The number of nitrogens with zero attached hydrogens (tertiary/aromatic N) is 4. The van der Waals surface area contributed by atoms with Crippen LogP contribution in [0.4, 0.5) is 0 Å². The first-order chi connectivity index (χ1) is 15.9. The van der Waals surface area contributed by atoms with Gasteiger partial charge in [0.2, 0.25) is 0 Å². The van der Waals surface area contributed by atoms with Gasteiger partial charge in [-0.3, -0.25) is 19.9 Å². The van der Waals surface area contributed by atoms with Crippen molar-refractivity contribution in [2.45, 2.75) is 0 Å². The molecule has 0 unspecified atom stereocenters. The number of aromatic nitrogens is 4. The molecule has 4 nitrogen and oxygen atoms in total. The van der Waals surface area contributed by atoms with Crippen molar-refractivity contribution in [3.8, 4) is 22.3 Å². The Kier molecular flexibility index (Phi) is 5.58. The van der Waals surface area contributed by atoms with Crippen LogP contribution in [0.1, 0.15) is 0 Å². The van der Waals surface area contributed by atoms with Gasteiger partial charge >= 0.3 is 0 Å². The maximum Gasteiger partial charge on any atom is 0.0885 e. The molecular formula is C28H20N4. The summed E-state index contributed by atoms with van der Waals surface area (Å²) in [6.07, 6.45) is 11.0. The predicted molar refractivity (Wildman–Crippen MR) is 130 cm³/mol. The van der Waals surface area contributed by atoms with Crippen LogP contribution >= 0.6 is 0 Å². The quantitative estimate of drug-likeness (QED) is 0.322. The molecule has 0 aliphatic carbocycles. The van der Waals surface area contributed by atoms with Crippen LogP contribution in [0.3, 0.4) is 0 Å². The van der Waals surface area contributed by atoms with E-state index in [0.29, 0.717) is 0 Å². The second-order valence-electron chi connectivity index (χ2n) is 7.32. The van der Waals surface area contributed by atoms with Gasteiger partial charge in [-0.05, 0) is 35.4 Å². The molecule has 0 atom stereocenters. The van der Waals surface area contributed by atoms with Crippen molar-refractivity contribution < 1.29 is 0 Å². The zero-order valence-corrected chi connectivity index (χ0v) is 17.3. The van der Waals surface area contributed by atoms with Gasteiger partial charge in [-0.1, -0.05) is 60.7 Å². The standard InChI is InChI=1S/2C14H10N2/c1-2-4-11(5-3-1)12-8-13-9-15-7-6-14(13)16-10-12;1-2-4-11(5-3-1)13-8-12-6-7-15-10-14(12)16-9-13/h2*1-10H. The van der Waals surface area contributed by atoms with Crippen LogP contribution in [-0.4, -0.2) is 19.9 Å². The van der Waals surface area contributed by atoms with Gasteiger partial charge in [0.25, 0.3) is 0 Å². The van der Waals surface area contributed by atoms with Gasteiger partial charge in [-0.15, -0.1) is 0 Å². The molecular weight excluding hydrogens is 392 g/mol. The Hall–Kier alpha value is -4.44. The highest BCUT2D eigenvalue weighted by Crippen LogP contribution is 2.22. The first-order valence-corrected chi connectivity index (χ1v) is 10.4. The highest BCUT2D eigenvalue weighted by atomic mass is 14.7. The van der Waals surface area contributed by atoms with Crippen molar-refractivity contribution in [2.24, 2.45) is 0 Å². The molecule has 32 heavy (non-hydrogen) atoms. The molecule has 0 amide bonds. The zero-order chi connectivity index (χ0) is 21.6. The molecule has 2 aromatic carbocycles. The van der Waals surface area contributed by atoms with Crippen LogP contribution < -0.4 is 0 Å². The molecule has 0 bridgehead atoms. The Balaban J connectivity index is 0.000000135. The number of hydrogen-bond acceptors (Lipinski definition) is 4. The van der Waals surface area contributed by atoms with E-state index in [4.69, 9.17) is 0 Å². The predicted octanol–water partition coefficient (Wildman–Crippen LogP) is 6.59. The van der Waals surface area contributed by atoms with E-state index in [1.54, 1.807) is 18.6 Å².